The summed E-state index contributed by atoms with van der Waals surface area (Å²) in [5, 5.41) is -0.510. The molecule has 128 valence electrons. The normalized spacial score (nSPS) is 12.8. The van der Waals surface area contributed by atoms with E-state index in [1.807, 2.05) is 0 Å². The average molecular weight is 475 g/mol. The molecule has 2 aromatic carbocycles. The van der Waals surface area contributed by atoms with Crippen molar-refractivity contribution in [2.24, 2.45) is 0 Å². The molecule has 0 aliphatic rings. The Hall–Kier alpha value is 1.21. The fourth-order valence-corrected chi connectivity index (χ4v) is 3.58. The molecule has 0 aromatic heterocycles. The van der Waals surface area contributed by atoms with Gasteiger partial charge in [0, 0.05) is 10.0 Å². The number of rotatable bonds is 4. The fraction of sp³-hybridized carbons (Fsp3) is 0.143. The number of alkyl halides is 2. The third-order valence-electron chi connectivity index (χ3n) is 3.18. The number of benzene rings is 2. The van der Waals surface area contributed by atoms with Crippen molar-refractivity contribution < 1.29 is 27.5 Å². The van der Waals surface area contributed by atoms with Crippen LogP contribution in [0.15, 0.2) is 46.9 Å². The van der Waals surface area contributed by atoms with E-state index < -0.39 is 29.9 Å². The predicted octanol–water partition coefficient (Wildman–Crippen LogP) is 3.54. The third-order valence-corrected chi connectivity index (χ3v) is 5.41. The first kappa shape index (κ1) is 26.2. The van der Waals surface area contributed by atoms with Gasteiger partial charge in [-0.3, -0.25) is 4.57 Å². The van der Waals surface area contributed by atoms with Gasteiger partial charge in [0.1, 0.15) is 5.82 Å². The molecule has 0 fully saturated rings. The molecule has 1 unspecified atom stereocenters. The van der Waals surface area contributed by atoms with Gasteiger partial charge in [0.05, 0.1) is 5.25 Å². The number of halogens is 4. The van der Waals surface area contributed by atoms with E-state index in [1.54, 1.807) is 0 Å². The monoisotopic (exact) mass is 474 g/mol. The van der Waals surface area contributed by atoms with E-state index in [0.29, 0.717) is 11.1 Å². The molecule has 2 aromatic rings. The topological polar surface area (TPSA) is 57.5 Å². The van der Waals surface area contributed by atoms with Crippen LogP contribution in [0.4, 0.5) is 13.2 Å². The van der Waals surface area contributed by atoms with Gasteiger partial charge in [0.15, 0.2) is 0 Å². The maximum absolute atomic E-state index is 13.8. The van der Waals surface area contributed by atoms with E-state index in [2.05, 4.69) is 28.6 Å². The molecule has 0 saturated heterocycles. The summed E-state index contributed by atoms with van der Waals surface area (Å²) in [6.45, 7) is 0. The number of thiol groups is 1. The minimum atomic E-state index is -5.64. The van der Waals surface area contributed by atoms with Crippen LogP contribution in [0.1, 0.15) is 21.9 Å². The Labute approximate surface area is 201 Å². The van der Waals surface area contributed by atoms with Gasteiger partial charge < -0.3 is 9.79 Å². The summed E-state index contributed by atoms with van der Waals surface area (Å²) in [5.41, 5.74) is -3.95. The van der Waals surface area contributed by atoms with Crippen molar-refractivity contribution in [2.75, 3.05) is 0 Å². The second kappa shape index (κ2) is 10.1. The van der Waals surface area contributed by atoms with Gasteiger partial charge in [-0.15, -0.1) is 0 Å². The van der Waals surface area contributed by atoms with Crippen LogP contribution < -0.4 is 0 Å². The summed E-state index contributed by atoms with van der Waals surface area (Å²) in [7, 11) is -5.64. The molecule has 1 atom stereocenters. The zero-order valence-electron chi connectivity index (χ0n) is 11.3. The second-order valence-electron chi connectivity index (χ2n) is 4.78. The van der Waals surface area contributed by atoms with Crippen molar-refractivity contribution in [3.63, 3.8) is 0 Å². The van der Waals surface area contributed by atoms with Gasteiger partial charge in [-0.05, 0) is 29.3 Å². The molecule has 3 nitrogen and oxygen atoms in total. The molecule has 0 bridgehead atoms. The van der Waals surface area contributed by atoms with Gasteiger partial charge in [-0.1, -0.05) is 40.2 Å². The first-order valence-electron chi connectivity index (χ1n) is 6.21. The molecule has 0 spiro atoms. The molecule has 0 aliphatic carbocycles. The van der Waals surface area contributed by atoms with Crippen molar-refractivity contribution in [1.29, 1.82) is 0 Å². The average Bonchev–Trinajstić information content (AvgIpc) is 2.45. The summed E-state index contributed by atoms with van der Waals surface area (Å²) >= 11 is 7.28. The SMILES string of the molecule is O=P(O)(O)C(F)(F)c1ccc(C(S)c2ccc(F)cc2)cc1Br.[NaH].[NaH]. The van der Waals surface area contributed by atoms with E-state index in [1.165, 1.54) is 36.4 Å². The van der Waals surface area contributed by atoms with Crippen molar-refractivity contribution in [3.05, 3.63) is 69.4 Å². The van der Waals surface area contributed by atoms with E-state index in [4.69, 9.17) is 9.79 Å². The van der Waals surface area contributed by atoms with Gasteiger partial charge >= 0.3 is 72.4 Å². The predicted molar refractivity (Wildman–Crippen MR) is 102 cm³/mol. The quantitative estimate of drug-likeness (QED) is 0.361. The molecular weight excluding hydrogens is 462 g/mol. The molecule has 2 rings (SSSR count). The van der Waals surface area contributed by atoms with Crippen LogP contribution in [0, 0.1) is 5.82 Å². The first-order valence-corrected chi connectivity index (χ1v) is 9.13. The Bertz CT molecular complexity index is 774. The molecule has 0 heterocycles. The molecule has 0 aliphatic heterocycles. The Morgan fingerprint density at radius 3 is 1.96 bits per heavy atom. The summed E-state index contributed by atoms with van der Waals surface area (Å²) in [6, 6.07) is 9.07. The van der Waals surface area contributed by atoms with Crippen molar-refractivity contribution >= 4 is 95.3 Å². The van der Waals surface area contributed by atoms with Crippen molar-refractivity contribution in [1.82, 2.24) is 0 Å². The minimum absolute atomic E-state index is 0. The van der Waals surface area contributed by atoms with Crippen LogP contribution in [-0.2, 0) is 10.2 Å². The van der Waals surface area contributed by atoms with Crippen LogP contribution in [0.25, 0.3) is 0 Å². The Kier molecular flexibility index (Phi) is 10.6. The second-order valence-corrected chi connectivity index (χ2v) is 7.80. The zero-order valence-corrected chi connectivity index (χ0v) is 14.7. The fourth-order valence-electron chi connectivity index (χ4n) is 1.94. The molecular formula is C14H13BrF3Na2O3PS. The van der Waals surface area contributed by atoms with E-state index in [-0.39, 0.29) is 63.6 Å². The van der Waals surface area contributed by atoms with Gasteiger partial charge in [-0.25, -0.2) is 4.39 Å². The van der Waals surface area contributed by atoms with Crippen LogP contribution in [0.3, 0.4) is 0 Å². The summed E-state index contributed by atoms with van der Waals surface area (Å²) in [4.78, 5) is 17.6. The molecule has 2 N–H and O–H groups in total. The summed E-state index contributed by atoms with van der Waals surface area (Å²) < 4.78 is 51.3. The molecule has 11 heteroatoms. The van der Waals surface area contributed by atoms with Crippen LogP contribution in [-0.4, -0.2) is 68.9 Å². The maximum atomic E-state index is 13.8. The molecule has 25 heavy (non-hydrogen) atoms. The van der Waals surface area contributed by atoms with E-state index in [9.17, 15) is 17.7 Å². The van der Waals surface area contributed by atoms with Crippen molar-refractivity contribution in [2.45, 2.75) is 10.9 Å². The van der Waals surface area contributed by atoms with E-state index in [0.717, 1.165) is 6.07 Å². The molecule has 0 amide bonds. The third kappa shape index (κ3) is 6.09. The van der Waals surface area contributed by atoms with Gasteiger partial charge in [0.2, 0.25) is 0 Å². The summed E-state index contributed by atoms with van der Waals surface area (Å²) in [6.07, 6.45) is 0. The van der Waals surface area contributed by atoms with Crippen molar-refractivity contribution in [3.8, 4) is 0 Å². The van der Waals surface area contributed by atoms with Crippen LogP contribution >= 0.6 is 36.2 Å². The Morgan fingerprint density at radius 1 is 1.04 bits per heavy atom. The van der Waals surface area contributed by atoms with E-state index >= 15 is 0 Å². The van der Waals surface area contributed by atoms with Crippen LogP contribution in [0.2, 0.25) is 0 Å². The molecule has 0 radical (unpaired) electrons. The van der Waals surface area contributed by atoms with Gasteiger partial charge in [0.25, 0.3) is 0 Å². The zero-order chi connectivity index (χ0) is 17.4. The Balaban J connectivity index is 0.00000288. The number of hydrogen-bond donors (Lipinski definition) is 3. The van der Waals surface area contributed by atoms with Crippen LogP contribution in [0.5, 0.6) is 0 Å². The Morgan fingerprint density at radius 2 is 1.52 bits per heavy atom. The first-order chi connectivity index (χ1) is 10.5. The standard InChI is InChI=1S/C14H11BrF3O3PS.2Na.2H/c15-12-7-9(13(23)8-1-4-10(16)5-2-8)3-6-11(12)14(17,18)22(19,20)21;;;;/h1-7,13,23H,(H2,19,20,21);;;;. The summed E-state index contributed by atoms with van der Waals surface area (Å²) in [5.74, 6) is -0.410. The van der Waals surface area contributed by atoms with Gasteiger partial charge in [-0.2, -0.15) is 21.4 Å². The number of hydrogen-bond acceptors (Lipinski definition) is 2. The molecule has 0 saturated carbocycles.